The van der Waals surface area contributed by atoms with Crippen molar-refractivity contribution < 1.29 is 22.4 Å². The van der Waals surface area contributed by atoms with Gasteiger partial charge in [0.05, 0.1) is 23.3 Å². The van der Waals surface area contributed by atoms with Gasteiger partial charge in [-0.15, -0.1) is 0 Å². The molecule has 0 N–H and O–H groups in total. The summed E-state index contributed by atoms with van der Waals surface area (Å²) in [6.07, 6.45) is 0. The quantitative estimate of drug-likeness (QED) is 0.602. The highest BCUT2D eigenvalue weighted by atomic mass is 32.2. The molecule has 6 nitrogen and oxygen atoms in total. The number of aryl methyl sites for hydroxylation is 3. The highest BCUT2D eigenvalue weighted by Gasteiger charge is 2.22. The van der Waals surface area contributed by atoms with E-state index in [1.165, 1.54) is 7.11 Å². The van der Waals surface area contributed by atoms with Gasteiger partial charge in [-0.2, -0.15) is 0 Å². The van der Waals surface area contributed by atoms with E-state index in [-0.39, 0.29) is 5.75 Å². The molecule has 0 bridgehead atoms. The topological polar surface area (TPSA) is 86.5 Å². The van der Waals surface area contributed by atoms with Crippen LogP contribution in [0.25, 0.3) is 11.5 Å². The first-order chi connectivity index (χ1) is 13.2. The number of rotatable bonds is 5. The Labute approximate surface area is 164 Å². The van der Waals surface area contributed by atoms with Crippen LogP contribution < -0.4 is 0 Å². The van der Waals surface area contributed by atoms with E-state index in [4.69, 9.17) is 4.42 Å². The van der Waals surface area contributed by atoms with Crippen LogP contribution in [0.1, 0.15) is 32.9 Å². The molecule has 0 fully saturated rings. The standard InChI is InChI=1S/C21H21NO5S/c1-13-5-10-19(14(2)11-13)28(24,25)12-18-15(3)27-20(22-18)16-6-8-17(9-7-16)21(23)26-4/h5-11H,12H2,1-4H3. The van der Waals surface area contributed by atoms with E-state index in [1.54, 1.807) is 50.2 Å². The fourth-order valence-corrected chi connectivity index (χ4v) is 4.57. The van der Waals surface area contributed by atoms with E-state index in [0.717, 1.165) is 5.56 Å². The minimum atomic E-state index is -3.56. The smallest absolute Gasteiger partial charge is 0.337 e. The highest BCUT2D eigenvalue weighted by Crippen LogP contribution is 2.26. The zero-order chi connectivity index (χ0) is 20.5. The molecule has 1 heterocycles. The third-order valence-electron chi connectivity index (χ3n) is 4.44. The maximum atomic E-state index is 12.9. The second-order valence-electron chi connectivity index (χ2n) is 6.62. The van der Waals surface area contributed by atoms with Crippen LogP contribution in [0, 0.1) is 20.8 Å². The third kappa shape index (κ3) is 3.99. The summed E-state index contributed by atoms with van der Waals surface area (Å²) >= 11 is 0. The lowest BCUT2D eigenvalue weighted by Crippen LogP contribution is -2.08. The van der Waals surface area contributed by atoms with Crippen LogP contribution in [0.2, 0.25) is 0 Å². The fraction of sp³-hybridized carbons (Fsp3) is 0.238. The number of carbonyl (C=O) groups excluding carboxylic acids is 1. The van der Waals surface area contributed by atoms with E-state index in [9.17, 15) is 13.2 Å². The first-order valence-corrected chi connectivity index (χ1v) is 10.3. The molecule has 3 aromatic rings. The number of hydrogen-bond acceptors (Lipinski definition) is 6. The lowest BCUT2D eigenvalue weighted by atomic mass is 10.1. The number of oxazole rings is 1. The molecular formula is C21H21NO5S. The van der Waals surface area contributed by atoms with Gasteiger partial charge in [0.25, 0.3) is 0 Å². The molecule has 0 aliphatic rings. The summed E-state index contributed by atoms with van der Waals surface area (Å²) in [4.78, 5) is 16.2. The summed E-state index contributed by atoms with van der Waals surface area (Å²) in [6, 6.07) is 11.8. The van der Waals surface area contributed by atoms with Crippen molar-refractivity contribution in [2.75, 3.05) is 7.11 Å². The van der Waals surface area contributed by atoms with Gasteiger partial charge in [-0.3, -0.25) is 0 Å². The molecule has 0 aliphatic heterocycles. The molecule has 0 radical (unpaired) electrons. The molecular weight excluding hydrogens is 378 g/mol. The summed E-state index contributed by atoms with van der Waals surface area (Å²) in [6.45, 7) is 5.39. The number of nitrogens with zero attached hydrogens (tertiary/aromatic N) is 1. The molecule has 0 amide bonds. The number of ether oxygens (including phenoxy) is 1. The van der Waals surface area contributed by atoms with Crippen molar-refractivity contribution in [1.82, 2.24) is 4.98 Å². The monoisotopic (exact) mass is 399 g/mol. The summed E-state index contributed by atoms with van der Waals surface area (Å²) in [5.74, 6) is 0.0717. The van der Waals surface area contributed by atoms with Gasteiger partial charge < -0.3 is 9.15 Å². The second kappa shape index (κ2) is 7.59. The van der Waals surface area contributed by atoms with Crippen LogP contribution >= 0.6 is 0 Å². The van der Waals surface area contributed by atoms with Gasteiger partial charge in [-0.05, 0) is 56.7 Å². The molecule has 2 aromatic carbocycles. The first-order valence-electron chi connectivity index (χ1n) is 8.66. The van der Waals surface area contributed by atoms with E-state index in [0.29, 0.717) is 38.9 Å². The highest BCUT2D eigenvalue weighted by molar-refractivity contribution is 7.90. The molecule has 28 heavy (non-hydrogen) atoms. The van der Waals surface area contributed by atoms with Crippen LogP contribution in [-0.2, 0) is 20.3 Å². The fourth-order valence-electron chi connectivity index (χ4n) is 2.96. The summed E-state index contributed by atoms with van der Waals surface area (Å²) < 4.78 is 36.0. The van der Waals surface area contributed by atoms with E-state index in [1.807, 2.05) is 13.0 Å². The Balaban J connectivity index is 1.89. The maximum Gasteiger partial charge on any atom is 0.337 e. The maximum absolute atomic E-state index is 12.9. The van der Waals surface area contributed by atoms with Crippen LogP contribution in [0.3, 0.4) is 0 Å². The molecule has 0 aliphatic carbocycles. The van der Waals surface area contributed by atoms with Crippen molar-refractivity contribution in [2.24, 2.45) is 0 Å². The van der Waals surface area contributed by atoms with Gasteiger partial charge in [0.1, 0.15) is 11.5 Å². The summed E-state index contributed by atoms with van der Waals surface area (Å²) in [7, 11) is -2.24. The van der Waals surface area contributed by atoms with Gasteiger partial charge in [0, 0.05) is 5.56 Å². The van der Waals surface area contributed by atoms with Crippen LogP contribution in [0.5, 0.6) is 0 Å². The second-order valence-corrected chi connectivity index (χ2v) is 8.58. The summed E-state index contributed by atoms with van der Waals surface area (Å²) in [5.41, 5.74) is 3.14. The number of sulfone groups is 1. The van der Waals surface area contributed by atoms with Gasteiger partial charge in [0.15, 0.2) is 9.84 Å². The lowest BCUT2D eigenvalue weighted by Gasteiger charge is -2.07. The minimum absolute atomic E-state index is 0.244. The number of benzene rings is 2. The average molecular weight is 399 g/mol. The normalized spacial score (nSPS) is 11.4. The SMILES string of the molecule is COC(=O)c1ccc(-c2nc(CS(=O)(=O)c3ccc(C)cc3C)c(C)o2)cc1. The largest absolute Gasteiger partial charge is 0.465 e. The number of methoxy groups -OCH3 is 1. The Kier molecular flexibility index (Phi) is 5.38. The molecule has 0 atom stereocenters. The lowest BCUT2D eigenvalue weighted by molar-refractivity contribution is 0.0600. The molecule has 0 unspecified atom stereocenters. The third-order valence-corrected chi connectivity index (χ3v) is 6.22. The number of aromatic nitrogens is 1. The van der Waals surface area contributed by atoms with Crippen LogP contribution in [0.15, 0.2) is 51.8 Å². The van der Waals surface area contributed by atoms with Crippen molar-refractivity contribution in [3.63, 3.8) is 0 Å². The van der Waals surface area contributed by atoms with Gasteiger partial charge in [-0.25, -0.2) is 18.2 Å². The van der Waals surface area contributed by atoms with Crippen molar-refractivity contribution in [1.29, 1.82) is 0 Å². The van der Waals surface area contributed by atoms with Crippen molar-refractivity contribution in [2.45, 2.75) is 31.4 Å². The Hall–Kier alpha value is -2.93. The average Bonchev–Trinajstić information content (AvgIpc) is 3.00. The van der Waals surface area contributed by atoms with E-state index >= 15 is 0 Å². The Morgan fingerprint density at radius 1 is 1.07 bits per heavy atom. The molecule has 0 saturated heterocycles. The molecule has 0 spiro atoms. The van der Waals surface area contributed by atoms with Crippen LogP contribution in [0.4, 0.5) is 0 Å². The van der Waals surface area contributed by atoms with Crippen molar-refractivity contribution in [3.8, 4) is 11.5 Å². The van der Waals surface area contributed by atoms with Gasteiger partial charge in [-0.1, -0.05) is 17.7 Å². The number of carbonyl (C=O) groups is 1. The Morgan fingerprint density at radius 2 is 1.75 bits per heavy atom. The summed E-state index contributed by atoms with van der Waals surface area (Å²) in [5, 5.41) is 0. The molecule has 0 saturated carbocycles. The number of hydrogen-bond donors (Lipinski definition) is 0. The minimum Gasteiger partial charge on any atom is -0.465 e. The van der Waals surface area contributed by atoms with Crippen molar-refractivity contribution in [3.05, 3.63) is 70.6 Å². The first kappa shape index (κ1) is 19.8. The predicted molar refractivity (Wildman–Crippen MR) is 105 cm³/mol. The molecule has 146 valence electrons. The molecule has 1 aromatic heterocycles. The van der Waals surface area contributed by atoms with Crippen LogP contribution in [-0.4, -0.2) is 26.5 Å². The van der Waals surface area contributed by atoms with Crippen molar-refractivity contribution >= 4 is 15.8 Å². The molecule has 3 rings (SSSR count). The Bertz CT molecular complexity index is 1130. The van der Waals surface area contributed by atoms with Gasteiger partial charge in [0.2, 0.25) is 5.89 Å². The Morgan fingerprint density at radius 3 is 2.36 bits per heavy atom. The van der Waals surface area contributed by atoms with E-state index in [2.05, 4.69) is 9.72 Å². The van der Waals surface area contributed by atoms with E-state index < -0.39 is 15.8 Å². The predicted octanol–water partition coefficient (Wildman–Crippen LogP) is 4.03. The zero-order valence-corrected chi connectivity index (χ0v) is 17.0. The number of esters is 1. The molecule has 7 heteroatoms. The zero-order valence-electron chi connectivity index (χ0n) is 16.1. The van der Waals surface area contributed by atoms with Gasteiger partial charge >= 0.3 is 5.97 Å².